The quantitative estimate of drug-likeness (QED) is 0.622. The highest BCUT2D eigenvalue weighted by Crippen LogP contribution is 2.26. The van der Waals surface area contributed by atoms with Gasteiger partial charge in [0.1, 0.15) is 0 Å². The topological polar surface area (TPSA) is 102 Å². The first kappa shape index (κ1) is 21.6. The second-order valence-electron chi connectivity index (χ2n) is 8.32. The van der Waals surface area contributed by atoms with Gasteiger partial charge in [0, 0.05) is 48.4 Å². The molecular weight excluding hydrogens is 402 g/mol. The second-order valence-corrected chi connectivity index (χ2v) is 8.32. The number of hydrogen-bond acceptors (Lipinski definition) is 4. The number of nitriles is 1. The van der Waals surface area contributed by atoms with E-state index in [-0.39, 0.29) is 23.9 Å². The molecule has 7 heteroatoms. The molecule has 1 saturated carbocycles. The number of rotatable bonds is 6. The van der Waals surface area contributed by atoms with Crippen LogP contribution in [0.5, 0.6) is 0 Å². The number of pyridine rings is 1. The molecule has 0 bridgehead atoms. The molecule has 2 N–H and O–H groups in total. The number of amides is 2. The molecule has 1 fully saturated rings. The van der Waals surface area contributed by atoms with E-state index >= 15 is 0 Å². The predicted molar refractivity (Wildman–Crippen MR) is 123 cm³/mol. The lowest BCUT2D eigenvalue weighted by molar-refractivity contribution is -0.121. The standard InChI is InChI=1S/C25H27N5O2/c1-3-23(31)28-19-8-9-20(14-19)30(2)25(32)17-6-4-16(5-7-17)21-10-11-22-24(29-21)18(12-13-26)15-27-22/h4-7,10-11,15,19-20,27H,3,8-9,12,14H2,1-2H3,(H,28,31)/t19-,20+/m0/s1. The monoisotopic (exact) mass is 429 g/mol. The van der Waals surface area contributed by atoms with Crippen molar-refractivity contribution in [2.24, 2.45) is 0 Å². The van der Waals surface area contributed by atoms with Gasteiger partial charge in [0.25, 0.3) is 5.91 Å². The average Bonchev–Trinajstić information content (AvgIpc) is 3.45. The van der Waals surface area contributed by atoms with Gasteiger partial charge in [0.05, 0.1) is 29.2 Å². The van der Waals surface area contributed by atoms with Crippen molar-refractivity contribution in [3.8, 4) is 17.3 Å². The third kappa shape index (κ3) is 4.35. The van der Waals surface area contributed by atoms with Crippen LogP contribution in [-0.4, -0.2) is 45.8 Å². The van der Waals surface area contributed by atoms with Gasteiger partial charge in [-0.15, -0.1) is 0 Å². The van der Waals surface area contributed by atoms with Gasteiger partial charge in [-0.05, 0) is 43.5 Å². The summed E-state index contributed by atoms with van der Waals surface area (Å²) < 4.78 is 0. The third-order valence-electron chi connectivity index (χ3n) is 6.26. The summed E-state index contributed by atoms with van der Waals surface area (Å²) in [4.78, 5) is 34.3. The van der Waals surface area contributed by atoms with Gasteiger partial charge in [-0.1, -0.05) is 19.1 Å². The molecule has 0 saturated heterocycles. The van der Waals surface area contributed by atoms with Gasteiger partial charge in [-0.2, -0.15) is 5.26 Å². The second kappa shape index (κ2) is 9.23. The fraction of sp³-hybridized carbons (Fsp3) is 0.360. The zero-order valence-corrected chi connectivity index (χ0v) is 18.4. The Morgan fingerprint density at radius 2 is 2.00 bits per heavy atom. The predicted octanol–water partition coefficient (Wildman–Crippen LogP) is 3.82. The minimum Gasteiger partial charge on any atom is -0.360 e. The van der Waals surface area contributed by atoms with Crippen LogP contribution in [-0.2, 0) is 11.2 Å². The Bertz CT molecular complexity index is 1180. The van der Waals surface area contributed by atoms with Crippen molar-refractivity contribution in [3.05, 3.63) is 53.7 Å². The van der Waals surface area contributed by atoms with Crippen LogP contribution in [0.25, 0.3) is 22.3 Å². The summed E-state index contributed by atoms with van der Waals surface area (Å²) in [7, 11) is 1.84. The van der Waals surface area contributed by atoms with E-state index in [2.05, 4.69) is 16.4 Å². The molecule has 0 spiro atoms. The van der Waals surface area contributed by atoms with E-state index in [0.29, 0.717) is 18.4 Å². The highest BCUT2D eigenvalue weighted by molar-refractivity contribution is 5.95. The fourth-order valence-electron chi connectivity index (χ4n) is 4.36. The number of carbonyl (C=O) groups excluding carboxylic acids is 2. The van der Waals surface area contributed by atoms with Crippen molar-refractivity contribution in [2.45, 2.75) is 51.1 Å². The van der Waals surface area contributed by atoms with Gasteiger partial charge < -0.3 is 15.2 Å². The Morgan fingerprint density at radius 3 is 2.72 bits per heavy atom. The number of benzene rings is 1. The Morgan fingerprint density at radius 1 is 1.22 bits per heavy atom. The summed E-state index contributed by atoms with van der Waals surface area (Å²) in [6.45, 7) is 1.85. The van der Waals surface area contributed by atoms with E-state index in [1.165, 1.54) is 0 Å². The number of H-pyrrole nitrogens is 1. The summed E-state index contributed by atoms with van der Waals surface area (Å²) in [5.41, 5.74) is 4.92. The summed E-state index contributed by atoms with van der Waals surface area (Å²) in [5, 5.41) is 12.0. The van der Waals surface area contributed by atoms with E-state index in [0.717, 1.165) is 47.1 Å². The molecule has 0 radical (unpaired) electrons. The Balaban J connectivity index is 1.46. The molecule has 1 aliphatic carbocycles. The summed E-state index contributed by atoms with van der Waals surface area (Å²) >= 11 is 0. The number of nitrogens with zero attached hydrogens (tertiary/aromatic N) is 3. The molecular formula is C25H27N5O2. The van der Waals surface area contributed by atoms with Crippen molar-refractivity contribution in [1.82, 2.24) is 20.2 Å². The lowest BCUT2D eigenvalue weighted by Crippen LogP contribution is -2.38. The van der Waals surface area contributed by atoms with E-state index < -0.39 is 0 Å². The minimum atomic E-state index is -0.0191. The van der Waals surface area contributed by atoms with Crippen LogP contribution >= 0.6 is 0 Å². The minimum absolute atomic E-state index is 0.0191. The molecule has 7 nitrogen and oxygen atoms in total. The first-order chi connectivity index (χ1) is 15.5. The zero-order valence-electron chi connectivity index (χ0n) is 18.4. The van der Waals surface area contributed by atoms with Gasteiger partial charge in [0.15, 0.2) is 0 Å². The van der Waals surface area contributed by atoms with E-state index in [1.54, 1.807) is 4.90 Å². The largest absolute Gasteiger partial charge is 0.360 e. The molecule has 4 rings (SSSR count). The Hall–Kier alpha value is -3.66. The van der Waals surface area contributed by atoms with Gasteiger partial charge in [0.2, 0.25) is 5.91 Å². The first-order valence-electron chi connectivity index (χ1n) is 11.0. The van der Waals surface area contributed by atoms with Crippen LogP contribution in [0.2, 0.25) is 0 Å². The number of aromatic amines is 1. The molecule has 1 aromatic carbocycles. The molecule has 2 amide bonds. The SMILES string of the molecule is CCC(=O)N[C@H]1CC[C@@H](N(C)C(=O)c2ccc(-c3ccc4[nH]cc(CC#N)c4n3)cc2)C1. The van der Waals surface area contributed by atoms with Crippen LogP contribution < -0.4 is 5.32 Å². The molecule has 2 atom stereocenters. The number of fused-ring (bicyclic) bond motifs is 1. The molecule has 2 aromatic heterocycles. The number of carbonyl (C=O) groups is 2. The van der Waals surface area contributed by atoms with Gasteiger partial charge in [-0.3, -0.25) is 9.59 Å². The highest BCUT2D eigenvalue weighted by atomic mass is 16.2. The lowest BCUT2D eigenvalue weighted by atomic mass is 10.1. The van der Waals surface area contributed by atoms with Crippen LogP contribution in [0, 0.1) is 11.3 Å². The van der Waals surface area contributed by atoms with Crippen LogP contribution in [0.3, 0.4) is 0 Å². The maximum Gasteiger partial charge on any atom is 0.253 e. The normalized spacial score (nSPS) is 17.8. The number of nitrogens with one attached hydrogen (secondary N) is 2. The lowest BCUT2D eigenvalue weighted by Gasteiger charge is -2.25. The van der Waals surface area contributed by atoms with Crippen molar-refractivity contribution < 1.29 is 9.59 Å². The van der Waals surface area contributed by atoms with Crippen molar-refractivity contribution in [1.29, 1.82) is 5.26 Å². The van der Waals surface area contributed by atoms with Crippen LogP contribution in [0.15, 0.2) is 42.6 Å². The van der Waals surface area contributed by atoms with Crippen molar-refractivity contribution >= 4 is 22.8 Å². The molecule has 2 heterocycles. The van der Waals surface area contributed by atoms with Gasteiger partial charge in [-0.25, -0.2) is 4.98 Å². The zero-order chi connectivity index (χ0) is 22.7. The van der Waals surface area contributed by atoms with E-state index in [1.807, 2.05) is 56.6 Å². The van der Waals surface area contributed by atoms with Crippen molar-refractivity contribution in [3.63, 3.8) is 0 Å². The number of aromatic nitrogens is 2. The third-order valence-corrected chi connectivity index (χ3v) is 6.26. The molecule has 3 aromatic rings. The molecule has 1 aliphatic rings. The molecule has 164 valence electrons. The van der Waals surface area contributed by atoms with E-state index in [4.69, 9.17) is 10.2 Å². The summed E-state index contributed by atoms with van der Waals surface area (Å²) in [5.74, 6) is 0.0424. The van der Waals surface area contributed by atoms with Crippen molar-refractivity contribution in [2.75, 3.05) is 7.05 Å². The summed E-state index contributed by atoms with van der Waals surface area (Å²) in [6.07, 6.45) is 5.18. The molecule has 0 aliphatic heterocycles. The average molecular weight is 430 g/mol. The first-order valence-corrected chi connectivity index (χ1v) is 11.0. The fourth-order valence-corrected chi connectivity index (χ4v) is 4.36. The highest BCUT2D eigenvalue weighted by Gasteiger charge is 2.30. The van der Waals surface area contributed by atoms with Crippen LogP contribution in [0.1, 0.15) is 48.5 Å². The summed E-state index contributed by atoms with van der Waals surface area (Å²) in [6, 6.07) is 13.8. The van der Waals surface area contributed by atoms with Gasteiger partial charge >= 0.3 is 0 Å². The maximum atomic E-state index is 13.0. The van der Waals surface area contributed by atoms with Crippen LogP contribution in [0.4, 0.5) is 0 Å². The molecule has 0 unspecified atom stereocenters. The van der Waals surface area contributed by atoms with E-state index in [9.17, 15) is 9.59 Å². The number of hydrogen-bond donors (Lipinski definition) is 2. The maximum absolute atomic E-state index is 13.0. The Labute approximate surface area is 187 Å². The molecule has 32 heavy (non-hydrogen) atoms. The Kier molecular flexibility index (Phi) is 6.22. The smallest absolute Gasteiger partial charge is 0.253 e.